The van der Waals surface area contributed by atoms with Gasteiger partial charge in [-0.05, 0) is 32.9 Å². The smallest absolute Gasteiger partial charge is 0.272 e. The van der Waals surface area contributed by atoms with E-state index in [-0.39, 0.29) is 10.6 Å². The molecule has 1 rings (SSSR count). The van der Waals surface area contributed by atoms with E-state index in [0.29, 0.717) is 5.56 Å². The fraction of sp³-hybridized carbons (Fsp3) is 0.455. The van der Waals surface area contributed by atoms with E-state index in [2.05, 4.69) is 18.7 Å². The minimum absolute atomic E-state index is 0.186. The summed E-state index contributed by atoms with van der Waals surface area (Å²) in [5, 5.41) is 10.6. The van der Waals surface area contributed by atoms with Crippen LogP contribution in [-0.2, 0) is 0 Å². The van der Waals surface area contributed by atoms with Crippen molar-refractivity contribution in [3.8, 4) is 0 Å². The lowest BCUT2D eigenvalue weighted by atomic mass is 10.1. The molecule has 0 N–H and O–H groups in total. The first-order valence-electron chi connectivity index (χ1n) is 5.10. The number of nitro benzene ring substituents is 1. The molecule has 0 amide bonds. The fourth-order valence-electron chi connectivity index (χ4n) is 1.63. The molecule has 0 heterocycles. The second-order valence-electron chi connectivity index (χ2n) is 3.40. The molecule has 0 aliphatic heterocycles. The van der Waals surface area contributed by atoms with Crippen molar-refractivity contribution in [1.82, 2.24) is 0 Å². The van der Waals surface area contributed by atoms with Crippen LogP contribution in [0.4, 0.5) is 11.4 Å². The Balaban J connectivity index is 3.05. The predicted octanol–water partition coefficient (Wildman–Crippen LogP) is 2.75. The first kappa shape index (κ1) is 11.5. The molecule has 4 heteroatoms. The van der Waals surface area contributed by atoms with E-state index in [1.54, 1.807) is 19.1 Å². The molecule has 0 spiro atoms. The number of rotatable bonds is 4. The van der Waals surface area contributed by atoms with Crippen molar-refractivity contribution in [3.63, 3.8) is 0 Å². The fourth-order valence-corrected chi connectivity index (χ4v) is 1.63. The van der Waals surface area contributed by atoms with Crippen molar-refractivity contribution in [1.29, 1.82) is 0 Å². The van der Waals surface area contributed by atoms with Crippen LogP contribution in [0.25, 0.3) is 0 Å². The lowest BCUT2D eigenvalue weighted by Crippen LogP contribution is -2.21. The number of hydrogen-bond acceptors (Lipinski definition) is 3. The number of aryl methyl sites for hydroxylation is 1. The molecular formula is C11H16N2O2. The van der Waals surface area contributed by atoms with Gasteiger partial charge in [-0.1, -0.05) is 0 Å². The van der Waals surface area contributed by atoms with E-state index in [4.69, 9.17) is 0 Å². The molecule has 0 atom stereocenters. The van der Waals surface area contributed by atoms with Crippen LogP contribution < -0.4 is 4.90 Å². The molecule has 15 heavy (non-hydrogen) atoms. The Morgan fingerprint density at radius 1 is 1.33 bits per heavy atom. The van der Waals surface area contributed by atoms with Crippen LogP contribution in [-0.4, -0.2) is 18.0 Å². The average Bonchev–Trinajstić information content (AvgIpc) is 2.19. The average molecular weight is 208 g/mol. The molecule has 0 radical (unpaired) electrons. The van der Waals surface area contributed by atoms with Crippen LogP contribution in [0.3, 0.4) is 0 Å². The van der Waals surface area contributed by atoms with Gasteiger partial charge in [-0.3, -0.25) is 10.1 Å². The number of benzene rings is 1. The minimum atomic E-state index is -0.346. The lowest BCUT2D eigenvalue weighted by molar-refractivity contribution is -0.385. The van der Waals surface area contributed by atoms with Crippen LogP contribution >= 0.6 is 0 Å². The van der Waals surface area contributed by atoms with Crippen molar-refractivity contribution in [2.45, 2.75) is 20.8 Å². The third kappa shape index (κ3) is 2.46. The molecule has 0 aliphatic rings. The summed E-state index contributed by atoms with van der Waals surface area (Å²) in [6.07, 6.45) is 0. The minimum Gasteiger partial charge on any atom is -0.372 e. The highest BCUT2D eigenvalue weighted by atomic mass is 16.6. The number of hydrogen-bond donors (Lipinski definition) is 0. The first-order chi connectivity index (χ1) is 7.10. The highest BCUT2D eigenvalue weighted by molar-refractivity contribution is 5.55. The van der Waals surface area contributed by atoms with E-state index in [0.717, 1.165) is 18.8 Å². The van der Waals surface area contributed by atoms with Crippen LogP contribution in [0.15, 0.2) is 18.2 Å². The van der Waals surface area contributed by atoms with Crippen LogP contribution in [0.5, 0.6) is 0 Å². The quantitative estimate of drug-likeness (QED) is 0.564. The Bertz CT molecular complexity index is 360. The van der Waals surface area contributed by atoms with Gasteiger partial charge in [0.25, 0.3) is 5.69 Å². The van der Waals surface area contributed by atoms with Crippen molar-refractivity contribution >= 4 is 11.4 Å². The summed E-state index contributed by atoms with van der Waals surface area (Å²) in [6, 6.07) is 5.24. The predicted molar refractivity (Wildman–Crippen MR) is 61.4 cm³/mol. The van der Waals surface area contributed by atoms with Crippen molar-refractivity contribution in [2.24, 2.45) is 0 Å². The third-order valence-electron chi connectivity index (χ3n) is 2.51. The van der Waals surface area contributed by atoms with Gasteiger partial charge in [0.2, 0.25) is 0 Å². The van der Waals surface area contributed by atoms with Crippen LogP contribution in [0, 0.1) is 17.0 Å². The monoisotopic (exact) mass is 208 g/mol. The summed E-state index contributed by atoms with van der Waals surface area (Å²) in [6.45, 7) is 7.73. The van der Waals surface area contributed by atoms with Crippen molar-refractivity contribution in [3.05, 3.63) is 33.9 Å². The van der Waals surface area contributed by atoms with Gasteiger partial charge in [-0.15, -0.1) is 0 Å². The van der Waals surface area contributed by atoms with Gasteiger partial charge in [-0.2, -0.15) is 0 Å². The number of nitro groups is 1. The maximum atomic E-state index is 10.6. The Hall–Kier alpha value is -1.58. The molecule has 0 saturated carbocycles. The number of nitrogens with zero attached hydrogens (tertiary/aromatic N) is 2. The zero-order valence-corrected chi connectivity index (χ0v) is 9.36. The highest BCUT2D eigenvalue weighted by Crippen LogP contribution is 2.23. The maximum absolute atomic E-state index is 10.6. The van der Waals surface area contributed by atoms with Crippen LogP contribution in [0.1, 0.15) is 19.4 Å². The summed E-state index contributed by atoms with van der Waals surface area (Å²) in [7, 11) is 0. The topological polar surface area (TPSA) is 46.4 Å². The molecular weight excluding hydrogens is 192 g/mol. The Labute approximate surface area is 89.7 Å². The summed E-state index contributed by atoms with van der Waals surface area (Å²) in [5.41, 5.74) is 1.94. The van der Waals surface area contributed by atoms with Gasteiger partial charge in [0, 0.05) is 30.4 Å². The largest absolute Gasteiger partial charge is 0.372 e. The second-order valence-corrected chi connectivity index (χ2v) is 3.40. The first-order valence-corrected chi connectivity index (χ1v) is 5.10. The molecule has 0 bridgehead atoms. The van der Waals surface area contributed by atoms with Crippen LogP contribution in [0.2, 0.25) is 0 Å². The Morgan fingerprint density at radius 3 is 2.33 bits per heavy atom. The van der Waals surface area contributed by atoms with E-state index >= 15 is 0 Å². The SMILES string of the molecule is CCN(CC)c1ccc([N+](=O)[O-])c(C)c1. The molecule has 0 saturated heterocycles. The third-order valence-corrected chi connectivity index (χ3v) is 2.51. The van der Waals surface area contributed by atoms with Gasteiger partial charge in [0.05, 0.1) is 4.92 Å². The Morgan fingerprint density at radius 2 is 1.93 bits per heavy atom. The van der Waals surface area contributed by atoms with Gasteiger partial charge in [-0.25, -0.2) is 0 Å². The maximum Gasteiger partial charge on any atom is 0.272 e. The molecule has 0 unspecified atom stereocenters. The number of anilines is 1. The van der Waals surface area contributed by atoms with Gasteiger partial charge in [0.15, 0.2) is 0 Å². The lowest BCUT2D eigenvalue weighted by Gasteiger charge is -2.21. The van der Waals surface area contributed by atoms with E-state index in [9.17, 15) is 10.1 Å². The Kier molecular flexibility index (Phi) is 3.66. The summed E-state index contributed by atoms with van der Waals surface area (Å²) >= 11 is 0. The standard InChI is InChI=1S/C11H16N2O2/c1-4-12(5-2)10-6-7-11(13(14)15)9(3)8-10/h6-8H,4-5H2,1-3H3. The molecule has 0 aliphatic carbocycles. The molecule has 0 fully saturated rings. The van der Waals surface area contributed by atoms with Gasteiger partial charge in [0.1, 0.15) is 0 Å². The molecule has 1 aromatic carbocycles. The summed E-state index contributed by atoms with van der Waals surface area (Å²) in [5.74, 6) is 0. The zero-order valence-electron chi connectivity index (χ0n) is 9.36. The zero-order chi connectivity index (χ0) is 11.4. The van der Waals surface area contributed by atoms with Gasteiger partial charge < -0.3 is 4.90 Å². The molecule has 1 aromatic rings. The van der Waals surface area contributed by atoms with Crippen molar-refractivity contribution in [2.75, 3.05) is 18.0 Å². The van der Waals surface area contributed by atoms with Crippen molar-refractivity contribution < 1.29 is 4.92 Å². The second kappa shape index (κ2) is 4.77. The highest BCUT2D eigenvalue weighted by Gasteiger charge is 2.11. The molecule has 4 nitrogen and oxygen atoms in total. The van der Waals surface area contributed by atoms with E-state index < -0.39 is 0 Å². The molecule has 0 aromatic heterocycles. The van der Waals surface area contributed by atoms with E-state index in [1.165, 1.54) is 0 Å². The van der Waals surface area contributed by atoms with Gasteiger partial charge >= 0.3 is 0 Å². The normalized spacial score (nSPS) is 10.1. The molecule has 82 valence electrons. The van der Waals surface area contributed by atoms with E-state index in [1.807, 2.05) is 6.07 Å². The summed E-state index contributed by atoms with van der Waals surface area (Å²) in [4.78, 5) is 12.5. The summed E-state index contributed by atoms with van der Waals surface area (Å²) < 4.78 is 0.